The number of hydrogen-bond acceptors (Lipinski definition) is 1. The van der Waals surface area contributed by atoms with Crippen LogP contribution in [0.1, 0.15) is 150 Å². The molecule has 0 heterocycles. The predicted octanol–water partition coefficient (Wildman–Crippen LogP) is 12.5. The van der Waals surface area contributed by atoms with Crippen molar-refractivity contribution in [1.82, 2.24) is 0 Å². The van der Waals surface area contributed by atoms with Crippen molar-refractivity contribution in [2.75, 3.05) is 7.05 Å². The zero-order chi connectivity index (χ0) is 30.9. The Bertz CT molecular complexity index is 777. The molecule has 0 bridgehead atoms. The van der Waals surface area contributed by atoms with Gasteiger partial charge in [0.15, 0.2) is 5.84 Å². The smallest absolute Gasteiger partial charge is 0.154 e. The Morgan fingerprint density at radius 1 is 0.641 bits per heavy atom. The van der Waals surface area contributed by atoms with Crippen LogP contribution < -0.4 is 0 Å². The van der Waals surface area contributed by atoms with Crippen LogP contribution in [0.2, 0.25) is 0 Å². The molecule has 39 heavy (non-hydrogen) atoms. The molecule has 2 aromatic carbocycles. The Labute approximate surface area is 246 Å². The van der Waals surface area contributed by atoms with Gasteiger partial charge >= 0.3 is 0 Å². The normalized spacial score (nSPS) is 10.0. The van der Waals surface area contributed by atoms with E-state index in [1.807, 2.05) is 54.7 Å². The Morgan fingerprint density at radius 2 is 1.10 bits per heavy atom. The summed E-state index contributed by atoms with van der Waals surface area (Å²) in [4.78, 5) is 9.14. The molecule has 0 aliphatic heterocycles. The lowest BCUT2D eigenvalue weighted by molar-refractivity contribution is 0.760. The van der Waals surface area contributed by atoms with Gasteiger partial charge in [0, 0.05) is 18.3 Å². The van der Waals surface area contributed by atoms with E-state index in [9.17, 15) is 0 Å². The molecule has 0 aromatic heterocycles. The second kappa shape index (κ2) is 35.8. The fraction of sp³-hybridized carbons (Fsp3) is 0.622. The summed E-state index contributed by atoms with van der Waals surface area (Å²) in [6.07, 6.45) is 10.9. The molecule has 0 aliphatic rings. The van der Waals surface area contributed by atoms with Crippen LogP contribution in [-0.4, -0.2) is 18.6 Å². The first-order valence-corrected chi connectivity index (χ1v) is 16.1. The second-order valence-corrected chi connectivity index (χ2v) is 8.59. The van der Waals surface area contributed by atoms with Gasteiger partial charge in [0.1, 0.15) is 0 Å². The Balaban J connectivity index is -0.000000369. The van der Waals surface area contributed by atoms with Gasteiger partial charge in [-0.1, -0.05) is 150 Å². The van der Waals surface area contributed by atoms with Gasteiger partial charge in [-0.15, -0.1) is 0 Å². The van der Waals surface area contributed by atoms with Crippen molar-refractivity contribution in [3.63, 3.8) is 0 Å². The summed E-state index contributed by atoms with van der Waals surface area (Å²) in [5, 5.41) is 0. The maximum Gasteiger partial charge on any atom is 0.154 e. The largest absolute Gasteiger partial charge is 0.270 e. The van der Waals surface area contributed by atoms with Crippen LogP contribution in [0.3, 0.4) is 0 Å². The lowest BCUT2D eigenvalue weighted by Crippen LogP contribution is -2.04. The van der Waals surface area contributed by atoms with Crippen LogP contribution in [0.5, 0.6) is 0 Å². The molecule has 0 aliphatic carbocycles. The van der Waals surface area contributed by atoms with Crippen LogP contribution >= 0.6 is 0 Å². The van der Waals surface area contributed by atoms with Gasteiger partial charge in [0.2, 0.25) is 0 Å². The topological polar surface area (TPSA) is 24.7 Å². The second-order valence-electron chi connectivity index (χ2n) is 8.59. The molecule has 2 aromatic rings. The molecular weight excluding hydrogens is 472 g/mol. The molecule has 226 valence electrons. The molecular formula is C37H68N2. The van der Waals surface area contributed by atoms with Crippen LogP contribution in [0, 0.1) is 6.92 Å². The Hall–Kier alpha value is -2.22. The standard InChI is InChI=1S/C23H30N2.2C4H10.3C2H6/c1-5-20-14-16-21(17-15-20)12-8-7-11-19(3)25-23(24-4)22-13-9-6-10-18(22)2;2*1-3-4-2;3*1-2/h6,9-10,13-17H,5,7-8,11-12H2,1-4H3;2*3-4H2,1-2H3;3*1-2H3. The average molecular weight is 541 g/mol. The lowest BCUT2D eigenvalue weighted by atomic mass is 10.0. The minimum Gasteiger partial charge on any atom is -0.270 e. The fourth-order valence-corrected chi connectivity index (χ4v) is 2.94. The van der Waals surface area contributed by atoms with Crippen LogP contribution in [0.15, 0.2) is 58.5 Å². The number of amidine groups is 1. The van der Waals surface area contributed by atoms with Gasteiger partial charge in [-0.25, -0.2) is 4.99 Å². The van der Waals surface area contributed by atoms with E-state index in [0.29, 0.717) is 0 Å². The number of hydrogen-bond donors (Lipinski definition) is 0. The average Bonchev–Trinajstić information content (AvgIpc) is 3.02. The van der Waals surface area contributed by atoms with Crippen molar-refractivity contribution >= 4 is 11.5 Å². The number of benzene rings is 2. The molecule has 0 N–H and O–H groups in total. The van der Waals surface area contributed by atoms with E-state index < -0.39 is 0 Å². The molecule has 0 amide bonds. The van der Waals surface area contributed by atoms with Gasteiger partial charge in [0.25, 0.3) is 0 Å². The maximum absolute atomic E-state index is 4.76. The summed E-state index contributed by atoms with van der Waals surface area (Å²) >= 11 is 0. The predicted molar refractivity (Wildman–Crippen MR) is 185 cm³/mol. The molecule has 0 fully saturated rings. The monoisotopic (exact) mass is 541 g/mol. The van der Waals surface area contributed by atoms with E-state index in [4.69, 9.17) is 4.99 Å². The number of aliphatic imine (C=N–C) groups is 2. The molecule has 0 saturated carbocycles. The summed E-state index contributed by atoms with van der Waals surface area (Å²) in [5.74, 6) is 0.839. The Kier molecular flexibility index (Phi) is 40.2. The maximum atomic E-state index is 4.76. The Morgan fingerprint density at radius 3 is 1.51 bits per heavy atom. The highest BCUT2D eigenvalue weighted by atomic mass is 14.9. The lowest BCUT2D eigenvalue weighted by Gasteiger charge is -2.07. The minimum atomic E-state index is 0.839. The zero-order valence-corrected chi connectivity index (χ0v) is 28.9. The van der Waals surface area contributed by atoms with E-state index in [-0.39, 0.29) is 0 Å². The highest BCUT2D eigenvalue weighted by Crippen LogP contribution is 2.12. The van der Waals surface area contributed by atoms with Crippen LogP contribution in [-0.2, 0) is 12.8 Å². The fourth-order valence-electron chi connectivity index (χ4n) is 2.94. The van der Waals surface area contributed by atoms with Crippen molar-refractivity contribution < 1.29 is 0 Å². The van der Waals surface area contributed by atoms with E-state index in [1.54, 1.807) is 0 Å². The van der Waals surface area contributed by atoms with Crippen LogP contribution in [0.25, 0.3) is 0 Å². The summed E-state index contributed by atoms with van der Waals surface area (Å²) in [6.45, 7) is 27.1. The number of unbranched alkanes of at least 4 members (excludes halogenated alkanes) is 3. The number of nitrogens with zero attached hydrogens (tertiary/aromatic N) is 2. The minimum absolute atomic E-state index is 0.839. The third-order valence-electron chi connectivity index (χ3n) is 5.58. The molecule has 2 rings (SSSR count). The summed E-state index contributed by atoms with van der Waals surface area (Å²) in [5.41, 5.74) is 6.34. The summed E-state index contributed by atoms with van der Waals surface area (Å²) < 4.78 is 0. The SMILES string of the molecule is CC.CC.CC.CCCC.CCCC.CCc1ccc(CCCCC(C)=NC(=NC)c2ccccc2C)cc1. The van der Waals surface area contributed by atoms with E-state index in [2.05, 4.69) is 95.9 Å². The van der Waals surface area contributed by atoms with Crippen LogP contribution in [0.4, 0.5) is 0 Å². The molecule has 2 heteroatoms. The molecule has 0 spiro atoms. The van der Waals surface area contributed by atoms with Crippen molar-refractivity contribution in [2.45, 2.75) is 148 Å². The third-order valence-corrected chi connectivity index (χ3v) is 5.58. The zero-order valence-electron chi connectivity index (χ0n) is 28.9. The molecule has 0 atom stereocenters. The van der Waals surface area contributed by atoms with Crippen molar-refractivity contribution in [3.8, 4) is 0 Å². The van der Waals surface area contributed by atoms with Crippen molar-refractivity contribution in [1.29, 1.82) is 0 Å². The highest BCUT2D eigenvalue weighted by Gasteiger charge is 2.05. The van der Waals surface area contributed by atoms with Gasteiger partial charge in [-0.05, 0) is 62.6 Å². The summed E-state index contributed by atoms with van der Waals surface area (Å²) in [7, 11) is 1.82. The van der Waals surface area contributed by atoms with Crippen molar-refractivity contribution in [3.05, 3.63) is 70.8 Å². The van der Waals surface area contributed by atoms with E-state index in [0.717, 1.165) is 42.8 Å². The van der Waals surface area contributed by atoms with E-state index >= 15 is 0 Å². The third kappa shape index (κ3) is 25.8. The first-order valence-electron chi connectivity index (χ1n) is 16.1. The molecule has 0 radical (unpaired) electrons. The van der Waals surface area contributed by atoms with Crippen molar-refractivity contribution in [2.24, 2.45) is 9.98 Å². The van der Waals surface area contributed by atoms with Gasteiger partial charge in [0.05, 0.1) is 0 Å². The van der Waals surface area contributed by atoms with Gasteiger partial charge in [-0.2, -0.15) is 0 Å². The quantitative estimate of drug-likeness (QED) is 0.172. The summed E-state index contributed by atoms with van der Waals surface area (Å²) in [6, 6.07) is 17.3. The molecule has 2 nitrogen and oxygen atoms in total. The van der Waals surface area contributed by atoms with Gasteiger partial charge in [-0.3, -0.25) is 4.99 Å². The first kappa shape index (κ1) is 43.8. The highest BCUT2D eigenvalue weighted by molar-refractivity contribution is 6.07. The first-order chi connectivity index (χ1) is 19.0. The number of rotatable bonds is 9. The molecule has 0 unspecified atom stereocenters. The molecule has 0 saturated heterocycles. The van der Waals surface area contributed by atoms with E-state index in [1.165, 1.54) is 48.8 Å². The van der Waals surface area contributed by atoms with Gasteiger partial charge < -0.3 is 0 Å². The number of aryl methyl sites for hydroxylation is 3.